The predicted octanol–water partition coefficient (Wildman–Crippen LogP) is 5.28. The van der Waals surface area contributed by atoms with Crippen molar-refractivity contribution in [3.63, 3.8) is 0 Å². The molecule has 0 radical (unpaired) electrons. The zero-order chi connectivity index (χ0) is 11.5. The maximum Gasteiger partial charge on any atom is -0.0383 e. The highest BCUT2D eigenvalue weighted by atomic mass is 14.4. The van der Waals surface area contributed by atoms with Gasteiger partial charge in [0.1, 0.15) is 0 Å². The van der Waals surface area contributed by atoms with Crippen LogP contribution in [-0.2, 0) is 0 Å². The van der Waals surface area contributed by atoms with Gasteiger partial charge in [-0.2, -0.15) is 0 Å². The summed E-state index contributed by atoms with van der Waals surface area (Å²) in [5, 5.41) is 0. The fourth-order valence-electron chi connectivity index (χ4n) is 4.00. The van der Waals surface area contributed by atoms with Gasteiger partial charge in [-0.3, -0.25) is 0 Å². The highest BCUT2D eigenvalue weighted by Crippen LogP contribution is 2.42. The van der Waals surface area contributed by atoms with Gasteiger partial charge in [-0.1, -0.05) is 52.9 Å². The van der Waals surface area contributed by atoms with E-state index in [-0.39, 0.29) is 0 Å². The standard InChI is InChI=1S/C16H30/c1-12-5-4-6-15(9-7-12)16-10-8-13(2)14(3)11-16/h12-16H,4-11H2,1-3H3/t12?,13?,14?,15?,16-/m1/s1. The summed E-state index contributed by atoms with van der Waals surface area (Å²) in [6.07, 6.45) is 12.1. The summed E-state index contributed by atoms with van der Waals surface area (Å²) >= 11 is 0. The van der Waals surface area contributed by atoms with Crippen molar-refractivity contribution in [2.24, 2.45) is 29.6 Å². The van der Waals surface area contributed by atoms with Crippen LogP contribution in [0.25, 0.3) is 0 Å². The molecule has 2 rings (SSSR count). The van der Waals surface area contributed by atoms with Crippen LogP contribution in [-0.4, -0.2) is 0 Å². The van der Waals surface area contributed by atoms with Gasteiger partial charge in [0.2, 0.25) is 0 Å². The third-order valence-electron chi connectivity index (χ3n) is 5.61. The Hall–Kier alpha value is 0. The van der Waals surface area contributed by atoms with E-state index < -0.39 is 0 Å². The topological polar surface area (TPSA) is 0 Å². The van der Waals surface area contributed by atoms with Crippen molar-refractivity contribution >= 4 is 0 Å². The maximum absolute atomic E-state index is 2.48. The molecule has 0 amide bonds. The summed E-state index contributed by atoms with van der Waals surface area (Å²) in [6, 6.07) is 0. The molecule has 0 spiro atoms. The first-order chi connectivity index (χ1) is 7.66. The summed E-state index contributed by atoms with van der Waals surface area (Å²) < 4.78 is 0. The zero-order valence-corrected chi connectivity index (χ0v) is 11.5. The van der Waals surface area contributed by atoms with Crippen LogP contribution >= 0.6 is 0 Å². The molecule has 0 nitrogen and oxygen atoms in total. The second-order valence-corrected chi connectivity index (χ2v) is 6.90. The molecule has 0 bridgehead atoms. The molecule has 0 aromatic heterocycles. The van der Waals surface area contributed by atoms with Crippen LogP contribution in [0.2, 0.25) is 0 Å². The molecule has 0 N–H and O–H groups in total. The number of hydrogen-bond acceptors (Lipinski definition) is 0. The lowest BCUT2D eigenvalue weighted by molar-refractivity contribution is 0.145. The predicted molar refractivity (Wildman–Crippen MR) is 71.4 cm³/mol. The lowest BCUT2D eigenvalue weighted by Gasteiger charge is -2.36. The van der Waals surface area contributed by atoms with Crippen LogP contribution in [0.4, 0.5) is 0 Å². The minimum absolute atomic E-state index is 0.986. The molecular weight excluding hydrogens is 192 g/mol. The Morgan fingerprint density at radius 3 is 2.12 bits per heavy atom. The van der Waals surface area contributed by atoms with E-state index in [0.717, 1.165) is 29.6 Å². The average molecular weight is 222 g/mol. The second kappa shape index (κ2) is 5.56. The summed E-state index contributed by atoms with van der Waals surface area (Å²) in [5.74, 6) is 5.14. The van der Waals surface area contributed by atoms with Crippen molar-refractivity contribution in [2.45, 2.75) is 72.1 Å². The fourth-order valence-corrected chi connectivity index (χ4v) is 4.00. The van der Waals surface area contributed by atoms with Crippen molar-refractivity contribution in [3.05, 3.63) is 0 Å². The van der Waals surface area contributed by atoms with Gasteiger partial charge in [0.05, 0.1) is 0 Å². The Labute approximate surface area is 102 Å². The van der Waals surface area contributed by atoms with Gasteiger partial charge in [-0.25, -0.2) is 0 Å². The molecule has 5 atom stereocenters. The highest BCUT2D eigenvalue weighted by molar-refractivity contribution is 4.81. The van der Waals surface area contributed by atoms with E-state index in [9.17, 15) is 0 Å². The van der Waals surface area contributed by atoms with E-state index in [1.165, 1.54) is 51.4 Å². The fraction of sp³-hybridized carbons (Fsp3) is 1.00. The van der Waals surface area contributed by atoms with Crippen molar-refractivity contribution < 1.29 is 0 Å². The van der Waals surface area contributed by atoms with Crippen LogP contribution in [0.5, 0.6) is 0 Å². The van der Waals surface area contributed by atoms with Crippen LogP contribution in [0.15, 0.2) is 0 Å². The molecule has 2 saturated carbocycles. The maximum atomic E-state index is 2.48. The lowest BCUT2D eigenvalue weighted by atomic mass is 9.69. The largest absolute Gasteiger partial charge is 0.0625 e. The molecule has 0 aromatic carbocycles. The first-order valence-corrected chi connectivity index (χ1v) is 7.66. The molecule has 0 heterocycles. The van der Waals surface area contributed by atoms with E-state index in [1.807, 2.05) is 0 Å². The van der Waals surface area contributed by atoms with Crippen LogP contribution in [0.1, 0.15) is 72.1 Å². The Morgan fingerprint density at radius 1 is 0.625 bits per heavy atom. The van der Waals surface area contributed by atoms with Crippen LogP contribution in [0.3, 0.4) is 0 Å². The molecule has 4 unspecified atom stereocenters. The van der Waals surface area contributed by atoms with Crippen molar-refractivity contribution in [3.8, 4) is 0 Å². The molecule has 0 aliphatic heterocycles. The molecule has 16 heavy (non-hydrogen) atoms. The Morgan fingerprint density at radius 2 is 1.38 bits per heavy atom. The average Bonchev–Trinajstić information content (AvgIpc) is 2.47. The van der Waals surface area contributed by atoms with E-state index in [2.05, 4.69) is 20.8 Å². The quantitative estimate of drug-likeness (QED) is 0.530. The molecule has 0 aromatic rings. The van der Waals surface area contributed by atoms with Gasteiger partial charge in [-0.15, -0.1) is 0 Å². The minimum atomic E-state index is 0.986. The van der Waals surface area contributed by atoms with Gasteiger partial charge in [0.25, 0.3) is 0 Å². The molecular formula is C16H30. The van der Waals surface area contributed by atoms with E-state index in [1.54, 1.807) is 0 Å². The summed E-state index contributed by atoms with van der Waals surface area (Å²) in [7, 11) is 0. The van der Waals surface area contributed by atoms with E-state index >= 15 is 0 Å². The monoisotopic (exact) mass is 222 g/mol. The third-order valence-corrected chi connectivity index (χ3v) is 5.61. The summed E-state index contributed by atoms with van der Waals surface area (Å²) in [4.78, 5) is 0. The van der Waals surface area contributed by atoms with Crippen molar-refractivity contribution in [1.82, 2.24) is 0 Å². The summed E-state index contributed by atoms with van der Waals surface area (Å²) in [5.41, 5.74) is 0. The van der Waals surface area contributed by atoms with Gasteiger partial charge in [0.15, 0.2) is 0 Å². The molecule has 2 fully saturated rings. The second-order valence-electron chi connectivity index (χ2n) is 6.90. The third kappa shape index (κ3) is 3.02. The zero-order valence-electron chi connectivity index (χ0n) is 11.5. The summed E-state index contributed by atoms with van der Waals surface area (Å²) in [6.45, 7) is 7.39. The number of hydrogen-bond donors (Lipinski definition) is 0. The van der Waals surface area contributed by atoms with Crippen molar-refractivity contribution in [1.29, 1.82) is 0 Å². The smallest absolute Gasteiger partial charge is 0.0383 e. The first-order valence-electron chi connectivity index (χ1n) is 7.66. The Balaban J connectivity index is 1.87. The normalized spacial score (nSPS) is 46.3. The Bertz CT molecular complexity index is 206. The Kier molecular flexibility index (Phi) is 4.33. The van der Waals surface area contributed by atoms with Gasteiger partial charge < -0.3 is 0 Å². The van der Waals surface area contributed by atoms with Gasteiger partial charge in [-0.05, 0) is 48.9 Å². The highest BCUT2D eigenvalue weighted by Gasteiger charge is 2.30. The lowest BCUT2D eigenvalue weighted by Crippen LogP contribution is -2.26. The molecule has 2 aliphatic carbocycles. The number of rotatable bonds is 1. The molecule has 0 heteroatoms. The SMILES string of the molecule is CC1CCCC([C@@H]2CCC(C)C(C)C2)CC1. The molecule has 2 aliphatic rings. The van der Waals surface area contributed by atoms with Crippen LogP contribution < -0.4 is 0 Å². The molecule has 0 saturated heterocycles. The van der Waals surface area contributed by atoms with Crippen molar-refractivity contribution in [2.75, 3.05) is 0 Å². The van der Waals surface area contributed by atoms with E-state index in [0.29, 0.717) is 0 Å². The first kappa shape index (κ1) is 12.5. The van der Waals surface area contributed by atoms with Gasteiger partial charge >= 0.3 is 0 Å². The molecule has 94 valence electrons. The minimum Gasteiger partial charge on any atom is -0.0625 e. The van der Waals surface area contributed by atoms with E-state index in [4.69, 9.17) is 0 Å². The van der Waals surface area contributed by atoms with Gasteiger partial charge in [0, 0.05) is 0 Å². The van der Waals surface area contributed by atoms with Crippen LogP contribution in [0, 0.1) is 29.6 Å².